The molecule has 0 spiro atoms. The molecule has 0 radical (unpaired) electrons. The maximum absolute atomic E-state index is 12.1. The van der Waals surface area contributed by atoms with E-state index in [0.29, 0.717) is 21.8 Å². The zero-order valence-electron chi connectivity index (χ0n) is 10.3. The monoisotopic (exact) mass is 273 g/mol. The lowest BCUT2D eigenvalue weighted by atomic mass is 10.1. The van der Waals surface area contributed by atoms with Crippen molar-refractivity contribution in [2.75, 3.05) is 5.32 Å². The van der Waals surface area contributed by atoms with Gasteiger partial charge in [-0.05, 0) is 30.7 Å². The largest absolute Gasteiger partial charge is 0.322 e. The second kappa shape index (κ2) is 5.67. The molecule has 2 rings (SSSR count). The molecule has 0 unspecified atom stereocenters. The fourth-order valence-electron chi connectivity index (χ4n) is 1.71. The SMILES string of the molecule is Cc1cccc(C(=O)Nc2cccc(C=O)c2)c1Cl. The van der Waals surface area contributed by atoms with E-state index in [1.54, 1.807) is 36.4 Å². The van der Waals surface area contributed by atoms with Crippen LogP contribution < -0.4 is 5.32 Å². The number of carbonyl (C=O) groups excluding carboxylic acids is 2. The van der Waals surface area contributed by atoms with Gasteiger partial charge in [-0.15, -0.1) is 0 Å². The standard InChI is InChI=1S/C15H12ClNO2/c1-10-4-2-7-13(14(10)16)15(19)17-12-6-3-5-11(8-12)9-18/h2-9H,1H3,(H,17,19). The number of rotatable bonds is 3. The van der Waals surface area contributed by atoms with E-state index in [9.17, 15) is 9.59 Å². The summed E-state index contributed by atoms with van der Waals surface area (Å²) >= 11 is 6.10. The summed E-state index contributed by atoms with van der Waals surface area (Å²) < 4.78 is 0. The second-order valence-corrected chi connectivity index (χ2v) is 4.51. The maximum Gasteiger partial charge on any atom is 0.257 e. The third kappa shape index (κ3) is 3.01. The Bertz CT molecular complexity index is 638. The fourth-order valence-corrected chi connectivity index (χ4v) is 1.92. The minimum absolute atomic E-state index is 0.295. The molecule has 0 aromatic heterocycles. The van der Waals surface area contributed by atoms with Crippen LogP contribution in [0.25, 0.3) is 0 Å². The summed E-state index contributed by atoms with van der Waals surface area (Å²) in [4.78, 5) is 22.8. The van der Waals surface area contributed by atoms with Crippen LogP contribution >= 0.6 is 11.6 Å². The molecule has 96 valence electrons. The summed E-state index contributed by atoms with van der Waals surface area (Å²) in [6.07, 6.45) is 0.731. The second-order valence-electron chi connectivity index (χ2n) is 4.13. The Morgan fingerprint density at radius 2 is 1.95 bits per heavy atom. The molecule has 2 aromatic rings. The number of halogens is 1. The molecular weight excluding hydrogens is 262 g/mol. The van der Waals surface area contributed by atoms with Gasteiger partial charge in [-0.3, -0.25) is 9.59 Å². The number of nitrogens with one attached hydrogen (secondary N) is 1. The van der Waals surface area contributed by atoms with Gasteiger partial charge < -0.3 is 5.32 Å². The summed E-state index contributed by atoms with van der Waals surface area (Å²) in [5, 5.41) is 3.16. The van der Waals surface area contributed by atoms with Crippen molar-refractivity contribution in [2.24, 2.45) is 0 Å². The highest BCUT2D eigenvalue weighted by molar-refractivity contribution is 6.35. The van der Waals surface area contributed by atoms with Crippen molar-refractivity contribution in [1.82, 2.24) is 0 Å². The molecule has 1 amide bonds. The zero-order valence-corrected chi connectivity index (χ0v) is 11.1. The predicted octanol–water partition coefficient (Wildman–Crippen LogP) is 3.71. The first-order valence-electron chi connectivity index (χ1n) is 5.73. The molecule has 3 nitrogen and oxygen atoms in total. The fraction of sp³-hybridized carbons (Fsp3) is 0.0667. The van der Waals surface area contributed by atoms with Crippen molar-refractivity contribution in [3.8, 4) is 0 Å². The molecule has 0 fully saturated rings. The van der Waals surface area contributed by atoms with Crippen molar-refractivity contribution < 1.29 is 9.59 Å². The van der Waals surface area contributed by atoms with Gasteiger partial charge in [-0.1, -0.05) is 35.9 Å². The lowest BCUT2D eigenvalue weighted by Gasteiger charge is -2.08. The molecular formula is C15H12ClNO2. The van der Waals surface area contributed by atoms with Crippen LogP contribution in [0.3, 0.4) is 0 Å². The highest BCUT2D eigenvalue weighted by atomic mass is 35.5. The van der Waals surface area contributed by atoms with Gasteiger partial charge in [0.2, 0.25) is 0 Å². The van der Waals surface area contributed by atoms with Crippen molar-refractivity contribution in [2.45, 2.75) is 6.92 Å². The molecule has 0 saturated carbocycles. The summed E-state index contributed by atoms with van der Waals surface area (Å²) in [6, 6.07) is 12.0. The lowest BCUT2D eigenvalue weighted by molar-refractivity contribution is 0.102. The summed E-state index contributed by atoms with van der Waals surface area (Å²) in [6.45, 7) is 1.84. The topological polar surface area (TPSA) is 46.2 Å². The first kappa shape index (κ1) is 13.3. The molecule has 0 aliphatic carbocycles. The molecule has 1 N–H and O–H groups in total. The average Bonchev–Trinajstić information content (AvgIpc) is 2.42. The third-order valence-electron chi connectivity index (χ3n) is 2.72. The number of benzene rings is 2. The van der Waals surface area contributed by atoms with Gasteiger partial charge in [0.25, 0.3) is 5.91 Å². The van der Waals surface area contributed by atoms with Crippen LogP contribution in [0, 0.1) is 6.92 Å². The molecule has 0 bridgehead atoms. The first-order chi connectivity index (χ1) is 9.11. The highest BCUT2D eigenvalue weighted by Crippen LogP contribution is 2.21. The van der Waals surface area contributed by atoms with Crippen LogP contribution in [-0.4, -0.2) is 12.2 Å². The molecule has 0 heterocycles. The molecule has 0 saturated heterocycles. The minimum Gasteiger partial charge on any atom is -0.322 e. The molecule has 4 heteroatoms. The Labute approximate surface area is 116 Å². The van der Waals surface area contributed by atoms with Crippen molar-refractivity contribution >= 4 is 29.5 Å². The first-order valence-corrected chi connectivity index (χ1v) is 6.11. The zero-order chi connectivity index (χ0) is 13.8. The Kier molecular flexibility index (Phi) is 3.97. The number of aryl methyl sites for hydroxylation is 1. The number of amides is 1. The van der Waals surface area contributed by atoms with Crippen LogP contribution in [0.2, 0.25) is 5.02 Å². The number of carbonyl (C=O) groups is 2. The van der Waals surface area contributed by atoms with Crippen molar-refractivity contribution in [3.05, 3.63) is 64.2 Å². The average molecular weight is 274 g/mol. The van der Waals surface area contributed by atoms with Crippen LogP contribution in [0.1, 0.15) is 26.3 Å². The van der Waals surface area contributed by atoms with Crippen LogP contribution in [-0.2, 0) is 0 Å². The van der Waals surface area contributed by atoms with Gasteiger partial charge in [0, 0.05) is 11.3 Å². The van der Waals surface area contributed by atoms with E-state index in [4.69, 9.17) is 11.6 Å². The van der Waals surface area contributed by atoms with Crippen molar-refractivity contribution in [3.63, 3.8) is 0 Å². The number of hydrogen-bond donors (Lipinski definition) is 1. The molecule has 0 atom stereocenters. The van der Waals surface area contributed by atoms with E-state index >= 15 is 0 Å². The normalized spacial score (nSPS) is 10.0. The maximum atomic E-state index is 12.1. The Morgan fingerprint density at radius 3 is 2.68 bits per heavy atom. The van der Waals surface area contributed by atoms with Crippen LogP contribution in [0.15, 0.2) is 42.5 Å². The lowest BCUT2D eigenvalue weighted by Crippen LogP contribution is -2.12. The summed E-state index contributed by atoms with van der Waals surface area (Å²) in [5.41, 5.74) is 2.33. The van der Waals surface area contributed by atoms with Gasteiger partial charge >= 0.3 is 0 Å². The molecule has 19 heavy (non-hydrogen) atoms. The predicted molar refractivity (Wildman–Crippen MR) is 76.0 cm³/mol. The third-order valence-corrected chi connectivity index (χ3v) is 3.22. The van der Waals surface area contributed by atoms with Gasteiger partial charge in [0.05, 0.1) is 10.6 Å². The Hall–Kier alpha value is -2.13. The number of anilines is 1. The Morgan fingerprint density at radius 1 is 1.21 bits per heavy atom. The van der Waals surface area contributed by atoms with E-state index in [2.05, 4.69) is 5.32 Å². The number of aldehydes is 1. The van der Waals surface area contributed by atoms with E-state index < -0.39 is 0 Å². The van der Waals surface area contributed by atoms with E-state index in [0.717, 1.165) is 11.8 Å². The molecule has 0 aliphatic rings. The minimum atomic E-state index is -0.295. The van der Waals surface area contributed by atoms with E-state index in [1.807, 2.05) is 13.0 Å². The Balaban J connectivity index is 2.25. The number of hydrogen-bond acceptors (Lipinski definition) is 2. The summed E-state index contributed by atoms with van der Waals surface area (Å²) in [7, 11) is 0. The summed E-state index contributed by atoms with van der Waals surface area (Å²) in [5.74, 6) is -0.295. The van der Waals surface area contributed by atoms with E-state index in [1.165, 1.54) is 0 Å². The molecule has 0 aliphatic heterocycles. The quantitative estimate of drug-likeness (QED) is 0.867. The highest BCUT2D eigenvalue weighted by Gasteiger charge is 2.11. The van der Waals surface area contributed by atoms with Crippen LogP contribution in [0.5, 0.6) is 0 Å². The van der Waals surface area contributed by atoms with Gasteiger partial charge in [-0.25, -0.2) is 0 Å². The molecule has 2 aromatic carbocycles. The smallest absolute Gasteiger partial charge is 0.257 e. The van der Waals surface area contributed by atoms with Gasteiger partial charge in [0.1, 0.15) is 6.29 Å². The van der Waals surface area contributed by atoms with E-state index in [-0.39, 0.29) is 5.91 Å². The van der Waals surface area contributed by atoms with Crippen molar-refractivity contribution in [1.29, 1.82) is 0 Å². The van der Waals surface area contributed by atoms with Gasteiger partial charge in [0.15, 0.2) is 0 Å². The van der Waals surface area contributed by atoms with Gasteiger partial charge in [-0.2, -0.15) is 0 Å². The van der Waals surface area contributed by atoms with Crippen LogP contribution in [0.4, 0.5) is 5.69 Å².